The average molecular weight is 380 g/mol. The fraction of sp³-hybridized carbons (Fsp3) is 0.905. The summed E-state index contributed by atoms with van der Waals surface area (Å²) in [5.74, 6) is 1.10. The zero-order valence-corrected chi connectivity index (χ0v) is 19.0. The largest absolute Gasteiger partial charge is 0.546 e. The first-order chi connectivity index (χ1) is 12.3. The Morgan fingerprint density at radius 1 is 0.923 bits per heavy atom. The molecule has 0 radical (unpaired) electrons. The van der Waals surface area contributed by atoms with Crippen LogP contribution in [0.1, 0.15) is 99.3 Å². The monoisotopic (exact) mass is 379 g/mol. The second kappa shape index (κ2) is 11.7. The number of rotatable bonds is 6. The van der Waals surface area contributed by atoms with Gasteiger partial charge in [-0.15, -0.1) is 0 Å². The molecule has 0 N–H and O–H groups in total. The summed E-state index contributed by atoms with van der Waals surface area (Å²) < 4.78 is 6.96. The van der Waals surface area contributed by atoms with Gasteiger partial charge in [-0.05, 0) is 41.1 Å². The predicted octanol–water partition coefficient (Wildman–Crippen LogP) is 8.27. The second-order valence-corrected chi connectivity index (χ2v) is 14.2. The standard InChI is InChI=1S/C21H41N3OSi/c1-17(2)26(18(3)4,19(5)6)25-21-15-13-11-9-7-8-10-12-14-20(16-21)23-24-22/h16-20H,7-15H2,1-6H3/b21-16+. The summed E-state index contributed by atoms with van der Waals surface area (Å²) in [7, 11) is -1.96. The van der Waals surface area contributed by atoms with Crippen LogP contribution in [0.4, 0.5) is 0 Å². The van der Waals surface area contributed by atoms with Crippen LogP contribution in [0.3, 0.4) is 0 Å². The fourth-order valence-electron chi connectivity index (χ4n) is 4.74. The lowest BCUT2D eigenvalue weighted by atomic mass is 10.0. The van der Waals surface area contributed by atoms with Gasteiger partial charge in [-0.25, -0.2) is 0 Å². The van der Waals surface area contributed by atoms with Crippen LogP contribution in [0.5, 0.6) is 0 Å². The Balaban J connectivity index is 3.15. The van der Waals surface area contributed by atoms with E-state index in [0.717, 1.165) is 25.0 Å². The van der Waals surface area contributed by atoms with Crippen LogP contribution in [0.15, 0.2) is 16.9 Å². The Bertz CT molecular complexity index is 460. The molecule has 4 nitrogen and oxygen atoms in total. The van der Waals surface area contributed by atoms with Crippen molar-refractivity contribution in [3.8, 4) is 0 Å². The Hall–Kier alpha value is -0.933. The van der Waals surface area contributed by atoms with E-state index in [0.29, 0.717) is 16.6 Å². The highest BCUT2D eigenvalue weighted by atomic mass is 28.4. The Morgan fingerprint density at radius 2 is 1.42 bits per heavy atom. The van der Waals surface area contributed by atoms with Crippen molar-refractivity contribution in [3.63, 3.8) is 0 Å². The van der Waals surface area contributed by atoms with Crippen molar-refractivity contribution in [2.75, 3.05) is 0 Å². The van der Waals surface area contributed by atoms with Crippen LogP contribution in [-0.2, 0) is 4.43 Å². The molecule has 0 aromatic rings. The minimum Gasteiger partial charge on any atom is -0.546 e. The van der Waals surface area contributed by atoms with E-state index in [1.807, 2.05) is 0 Å². The third-order valence-electron chi connectivity index (χ3n) is 6.02. The van der Waals surface area contributed by atoms with Gasteiger partial charge >= 0.3 is 0 Å². The van der Waals surface area contributed by atoms with E-state index in [1.165, 1.54) is 38.5 Å². The van der Waals surface area contributed by atoms with Gasteiger partial charge in [-0.1, -0.05) is 85.2 Å². The zero-order valence-electron chi connectivity index (χ0n) is 18.0. The molecule has 0 saturated carbocycles. The van der Waals surface area contributed by atoms with E-state index in [1.54, 1.807) is 0 Å². The number of hydrogen-bond donors (Lipinski definition) is 0. The van der Waals surface area contributed by atoms with Crippen LogP contribution in [0.2, 0.25) is 16.6 Å². The number of hydrogen-bond acceptors (Lipinski definition) is 2. The van der Waals surface area contributed by atoms with Crippen molar-refractivity contribution in [2.24, 2.45) is 5.11 Å². The predicted molar refractivity (Wildman–Crippen MR) is 115 cm³/mol. The van der Waals surface area contributed by atoms with Crippen molar-refractivity contribution in [2.45, 2.75) is 122 Å². The summed E-state index contributed by atoms with van der Waals surface area (Å²) in [6.07, 6.45) is 12.9. The van der Waals surface area contributed by atoms with E-state index in [-0.39, 0.29) is 6.04 Å². The molecule has 1 rings (SSSR count). The molecule has 0 aliphatic heterocycles. The molecule has 5 heteroatoms. The van der Waals surface area contributed by atoms with E-state index in [4.69, 9.17) is 9.96 Å². The molecule has 1 atom stereocenters. The molecule has 26 heavy (non-hydrogen) atoms. The maximum absolute atomic E-state index is 8.99. The van der Waals surface area contributed by atoms with Crippen molar-refractivity contribution in [3.05, 3.63) is 22.3 Å². The first-order valence-electron chi connectivity index (χ1n) is 10.8. The van der Waals surface area contributed by atoms with E-state index in [2.05, 4.69) is 57.6 Å². The van der Waals surface area contributed by atoms with Gasteiger partial charge in [0.2, 0.25) is 0 Å². The maximum atomic E-state index is 8.99. The molecule has 1 aliphatic rings. The molecular weight excluding hydrogens is 338 g/mol. The molecule has 0 aromatic heterocycles. The van der Waals surface area contributed by atoms with Gasteiger partial charge < -0.3 is 4.43 Å². The molecule has 0 amide bonds. The molecule has 1 unspecified atom stereocenters. The van der Waals surface area contributed by atoms with Crippen LogP contribution < -0.4 is 0 Å². The Morgan fingerprint density at radius 3 is 1.92 bits per heavy atom. The van der Waals surface area contributed by atoms with Crippen molar-refractivity contribution >= 4 is 8.32 Å². The Kier molecular flexibility index (Phi) is 10.4. The highest BCUT2D eigenvalue weighted by molar-refractivity contribution is 6.77. The molecular formula is C21H41N3OSi. The maximum Gasteiger partial charge on any atom is 0.258 e. The molecule has 0 heterocycles. The lowest BCUT2D eigenvalue weighted by Crippen LogP contribution is -2.47. The van der Waals surface area contributed by atoms with Crippen molar-refractivity contribution in [1.29, 1.82) is 0 Å². The van der Waals surface area contributed by atoms with Gasteiger partial charge in [0.05, 0.1) is 11.8 Å². The topological polar surface area (TPSA) is 58.0 Å². The summed E-state index contributed by atoms with van der Waals surface area (Å²) in [5, 5.41) is 4.07. The molecule has 0 bridgehead atoms. The first kappa shape index (κ1) is 23.1. The first-order valence-corrected chi connectivity index (χ1v) is 12.9. The Labute approximate surface area is 162 Å². The van der Waals surface area contributed by atoms with Crippen LogP contribution in [0, 0.1) is 0 Å². The van der Waals surface area contributed by atoms with Crippen molar-refractivity contribution in [1.82, 2.24) is 0 Å². The number of allylic oxidation sites excluding steroid dienone is 1. The van der Waals surface area contributed by atoms with Crippen LogP contribution >= 0.6 is 0 Å². The van der Waals surface area contributed by atoms with Gasteiger partial charge in [0.15, 0.2) is 0 Å². The third-order valence-corrected chi connectivity index (χ3v) is 12.0. The molecule has 0 saturated heterocycles. The van der Waals surface area contributed by atoms with Gasteiger partial charge in [0.1, 0.15) is 0 Å². The van der Waals surface area contributed by atoms with Crippen molar-refractivity contribution < 1.29 is 4.43 Å². The molecule has 150 valence electrons. The fourth-order valence-corrected chi connectivity index (χ4v) is 10.1. The zero-order chi connectivity index (χ0) is 19.6. The second-order valence-electron chi connectivity index (χ2n) is 8.84. The van der Waals surface area contributed by atoms with Gasteiger partial charge in [0, 0.05) is 11.3 Å². The molecule has 0 aromatic carbocycles. The molecule has 0 spiro atoms. The van der Waals surface area contributed by atoms with E-state index >= 15 is 0 Å². The summed E-state index contributed by atoms with van der Waals surface area (Å²) >= 11 is 0. The highest BCUT2D eigenvalue weighted by Crippen LogP contribution is 2.44. The molecule has 1 aliphatic carbocycles. The lowest BCUT2D eigenvalue weighted by Gasteiger charge is -2.43. The minimum absolute atomic E-state index is 0.0624. The number of azide groups is 1. The summed E-state index contributed by atoms with van der Waals surface area (Å²) in [4.78, 5) is 3.10. The smallest absolute Gasteiger partial charge is 0.258 e. The van der Waals surface area contributed by atoms with Gasteiger partial charge in [-0.2, -0.15) is 0 Å². The number of nitrogens with zero attached hydrogens (tertiary/aromatic N) is 3. The average Bonchev–Trinajstić information content (AvgIpc) is 2.55. The van der Waals surface area contributed by atoms with Gasteiger partial charge in [-0.3, -0.25) is 0 Å². The highest BCUT2D eigenvalue weighted by Gasteiger charge is 2.47. The van der Waals surface area contributed by atoms with Crippen LogP contribution in [0.25, 0.3) is 10.4 Å². The third kappa shape index (κ3) is 6.66. The SMILES string of the molecule is CC(C)[Si](O/C1=C/C(N=[N+]=[N-])CCCCCCCCC1)(C(C)C)C(C)C. The summed E-state index contributed by atoms with van der Waals surface area (Å²) in [5.41, 5.74) is 10.7. The van der Waals surface area contributed by atoms with Crippen LogP contribution in [-0.4, -0.2) is 14.4 Å². The lowest BCUT2D eigenvalue weighted by molar-refractivity contribution is 0.344. The van der Waals surface area contributed by atoms with E-state index in [9.17, 15) is 0 Å². The van der Waals surface area contributed by atoms with E-state index < -0.39 is 8.32 Å². The summed E-state index contributed by atoms with van der Waals surface area (Å²) in [6, 6.07) is -0.0624. The normalized spacial score (nSPS) is 23.0. The summed E-state index contributed by atoms with van der Waals surface area (Å²) in [6.45, 7) is 14.0. The quantitative estimate of drug-likeness (QED) is 0.198. The minimum atomic E-state index is -1.96. The van der Waals surface area contributed by atoms with Gasteiger partial charge in [0.25, 0.3) is 8.32 Å². The molecule has 0 fully saturated rings.